The molecule has 3 aliphatic carbocycles. The Kier molecular flexibility index (Phi) is 5.67. The second-order valence-corrected chi connectivity index (χ2v) is 10.2. The maximum atomic E-state index is 15.0. The molecule has 3 aromatic rings. The van der Waals surface area contributed by atoms with Gasteiger partial charge in [0.15, 0.2) is 0 Å². The Labute approximate surface area is 199 Å². The van der Waals surface area contributed by atoms with Crippen LogP contribution in [-0.2, 0) is 11.3 Å². The number of benzene rings is 2. The predicted molar refractivity (Wildman–Crippen MR) is 132 cm³/mol. The molecule has 6 rings (SSSR count). The lowest BCUT2D eigenvalue weighted by molar-refractivity contribution is -0.137. The van der Waals surface area contributed by atoms with Gasteiger partial charge in [0.2, 0.25) is 5.91 Å². The minimum atomic E-state index is -0.341. The molecule has 0 radical (unpaired) electrons. The zero-order chi connectivity index (χ0) is 23.1. The average molecular weight is 459 g/mol. The molecule has 1 heterocycles. The molecule has 5 nitrogen and oxygen atoms in total. The van der Waals surface area contributed by atoms with Crippen molar-refractivity contribution in [3.8, 4) is 11.1 Å². The summed E-state index contributed by atoms with van der Waals surface area (Å²) in [6.07, 6.45) is 11.5. The number of hydrogen-bond donors (Lipinski definition) is 1. The molecule has 0 bridgehead atoms. The molecule has 1 N–H and O–H groups in total. The van der Waals surface area contributed by atoms with Crippen LogP contribution in [0.3, 0.4) is 0 Å². The highest BCUT2D eigenvalue weighted by molar-refractivity contribution is 5.93. The summed E-state index contributed by atoms with van der Waals surface area (Å²) in [5, 5.41) is 4.11. The highest BCUT2D eigenvalue weighted by Crippen LogP contribution is 2.35. The van der Waals surface area contributed by atoms with Gasteiger partial charge in [-0.05, 0) is 73.4 Å². The van der Waals surface area contributed by atoms with E-state index in [0.29, 0.717) is 41.3 Å². The largest absolute Gasteiger partial charge is 0.367 e. The zero-order valence-corrected chi connectivity index (χ0v) is 19.5. The van der Waals surface area contributed by atoms with Crippen molar-refractivity contribution < 1.29 is 9.18 Å². The van der Waals surface area contributed by atoms with Gasteiger partial charge < -0.3 is 10.2 Å². The SMILES string of the molecule is O=C(C1CCCCC1)N(Cc1cccc(-c2cc(F)c3ncnc(NC4CC4)c3c2)c1)C1CC1. The Morgan fingerprint density at radius 3 is 2.56 bits per heavy atom. The van der Waals surface area contributed by atoms with Crippen LogP contribution in [0.5, 0.6) is 0 Å². The van der Waals surface area contributed by atoms with Crippen LogP contribution in [-0.4, -0.2) is 32.9 Å². The third kappa shape index (κ3) is 4.50. The molecule has 3 fully saturated rings. The van der Waals surface area contributed by atoms with Crippen LogP contribution in [0.25, 0.3) is 22.0 Å². The summed E-state index contributed by atoms with van der Waals surface area (Å²) < 4.78 is 15.0. The standard InChI is InChI=1S/C28H31FN4O/c29-25-15-21(14-24-26(25)30-17-31-27(24)32-22-9-10-22)20-8-4-5-18(13-20)16-33(23-11-12-23)28(34)19-6-2-1-3-7-19/h4-5,8,13-15,17,19,22-23H,1-3,6-7,9-12,16H2,(H,30,31,32). The lowest BCUT2D eigenvalue weighted by atomic mass is 9.88. The number of nitrogens with one attached hydrogen (secondary N) is 1. The van der Waals surface area contributed by atoms with E-state index >= 15 is 4.39 Å². The second kappa shape index (κ2) is 8.97. The Balaban J connectivity index is 1.29. The van der Waals surface area contributed by atoms with Crippen molar-refractivity contribution in [1.82, 2.24) is 14.9 Å². The summed E-state index contributed by atoms with van der Waals surface area (Å²) in [5.41, 5.74) is 3.18. The molecule has 0 spiro atoms. The summed E-state index contributed by atoms with van der Waals surface area (Å²) in [6.45, 7) is 0.626. The summed E-state index contributed by atoms with van der Waals surface area (Å²) >= 11 is 0. The third-order valence-corrected chi connectivity index (χ3v) is 7.45. The number of anilines is 1. The number of carbonyl (C=O) groups is 1. The van der Waals surface area contributed by atoms with E-state index in [4.69, 9.17) is 0 Å². The maximum absolute atomic E-state index is 15.0. The number of amides is 1. The van der Waals surface area contributed by atoms with Crippen molar-refractivity contribution in [2.24, 2.45) is 5.92 Å². The topological polar surface area (TPSA) is 58.1 Å². The number of nitrogens with zero attached hydrogens (tertiary/aromatic N) is 3. The molecule has 0 atom stereocenters. The van der Waals surface area contributed by atoms with E-state index in [1.807, 2.05) is 18.2 Å². The van der Waals surface area contributed by atoms with Crippen LogP contribution in [0, 0.1) is 11.7 Å². The number of hydrogen-bond acceptors (Lipinski definition) is 4. The summed E-state index contributed by atoms with van der Waals surface area (Å²) in [6, 6.07) is 12.5. The van der Waals surface area contributed by atoms with Crippen LogP contribution >= 0.6 is 0 Å². The maximum Gasteiger partial charge on any atom is 0.226 e. The van der Waals surface area contributed by atoms with E-state index < -0.39 is 0 Å². The van der Waals surface area contributed by atoms with Gasteiger partial charge in [0.25, 0.3) is 0 Å². The fraction of sp³-hybridized carbons (Fsp3) is 0.464. The van der Waals surface area contributed by atoms with Crippen molar-refractivity contribution in [3.05, 3.63) is 54.1 Å². The number of halogens is 1. The van der Waals surface area contributed by atoms with Gasteiger partial charge in [-0.15, -0.1) is 0 Å². The van der Waals surface area contributed by atoms with E-state index in [1.54, 1.807) is 6.07 Å². The van der Waals surface area contributed by atoms with Crippen molar-refractivity contribution in [2.75, 3.05) is 5.32 Å². The highest BCUT2D eigenvalue weighted by atomic mass is 19.1. The Morgan fingerprint density at radius 2 is 1.79 bits per heavy atom. The van der Waals surface area contributed by atoms with Crippen LogP contribution in [0.4, 0.5) is 10.2 Å². The fourth-order valence-electron chi connectivity index (χ4n) is 5.23. The number of fused-ring (bicyclic) bond motifs is 1. The van der Waals surface area contributed by atoms with Gasteiger partial charge in [-0.2, -0.15) is 0 Å². The highest BCUT2D eigenvalue weighted by Gasteiger charge is 2.36. The van der Waals surface area contributed by atoms with E-state index in [2.05, 4.69) is 32.3 Å². The molecule has 176 valence electrons. The molecule has 3 aliphatic rings. The fourth-order valence-corrected chi connectivity index (χ4v) is 5.23. The van der Waals surface area contributed by atoms with E-state index in [-0.39, 0.29) is 11.7 Å². The molecule has 0 saturated heterocycles. The zero-order valence-electron chi connectivity index (χ0n) is 19.5. The summed E-state index contributed by atoms with van der Waals surface area (Å²) in [7, 11) is 0. The van der Waals surface area contributed by atoms with Crippen molar-refractivity contribution in [1.29, 1.82) is 0 Å². The minimum Gasteiger partial charge on any atom is -0.367 e. The smallest absolute Gasteiger partial charge is 0.226 e. The Hall–Kier alpha value is -3.02. The van der Waals surface area contributed by atoms with Gasteiger partial charge in [-0.1, -0.05) is 37.5 Å². The number of carbonyl (C=O) groups excluding carboxylic acids is 1. The lowest BCUT2D eigenvalue weighted by Gasteiger charge is -2.29. The minimum absolute atomic E-state index is 0.185. The molecular formula is C28H31FN4O. The first kappa shape index (κ1) is 21.5. The molecule has 6 heteroatoms. The van der Waals surface area contributed by atoms with Gasteiger partial charge in [-0.25, -0.2) is 14.4 Å². The van der Waals surface area contributed by atoms with Crippen molar-refractivity contribution in [2.45, 2.75) is 76.4 Å². The molecular weight excluding hydrogens is 427 g/mol. The molecule has 3 saturated carbocycles. The average Bonchev–Trinajstić information content (AvgIpc) is 3.79. The van der Waals surface area contributed by atoms with E-state index in [9.17, 15) is 4.79 Å². The van der Waals surface area contributed by atoms with Crippen LogP contribution < -0.4 is 5.32 Å². The van der Waals surface area contributed by atoms with E-state index in [1.165, 1.54) is 25.6 Å². The van der Waals surface area contributed by atoms with Crippen LogP contribution in [0.2, 0.25) is 0 Å². The predicted octanol–water partition coefficient (Wildman–Crippen LogP) is 6.08. The summed E-state index contributed by atoms with van der Waals surface area (Å²) in [4.78, 5) is 24.0. The van der Waals surface area contributed by atoms with Crippen LogP contribution in [0.1, 0.15) is 63.4 Å². The van der Waals surface area contributed by atoms with Gasteiger partial charge in [0.05, 0.1) is 0 Å². The quantitative estimate of drug-likeness (QED) is 0.466. The van der Waals surface area contributed by atoms with Gasteiger partial charge >= 0.3 is 0 Å². The van der Waals surface area contributed by atoms with Gasteiger partial charge in [0, 0.05) is 29.9 Å². The molecule has 0 aliphatic heterocycles. The monoisotopic (exact) mass is 458 g/mol. The molecule has 34 heavy (non-hydrogen) atoms. The second-order valence-electron chi connectivity index (χ2n) is 10.2. The molecule has 0 unspecified atom stereocenters. The number of aromatic nitrogens is 2. The summed E-state index contributed by atoms with van der Waals surface area (Å²) in [5.74, 6) is 0.871. The normalized spacial score (nSPS) is 18.7. The van der Waals surface area contributed by atoms with Crippen LogP contribution in [0.15, 0.2) is 42.7 Å². The van der Waals surface area contributed by atoms with Crippen molar-refractivity contribution >= 4 is 22.6 Å². The van der Waals surface area contributed by atoms with Gasteiger partial charge in [0.1, 0.15) is 23.5 Å². The number of rotatable bonds is 7. The lowest BCUT2D eigenvalue weighted by Crippen LogP contribution is -2.38. The first-order chi connectivity index (χ1) is 16.7. The molecule has 2 aromatic carbocycles. The van der Waals surface area contributed by atoms with Crippen molar-refractivity contribution in [3.63, 3.8) is 0 Å². The van der Waals surface area contributed by atoms with E-state index in [0.717, 1.165) is 55.2 Å². The van der Waals surface area contributed by atoms with Gasteiger partial charge in [-0.3, -0.25) is 4.79 Å². The third-order valence-electron chi connectivity index (χ3n) is 7.45. The first-order valence-corrected chi connectivity index (χ1v) is 12.8. The Morgan fingerprint density at radius 1 is 0.971 bits per heavy atom. The molecule has 1 aromatic heterocycles. The molecule has 1 amide bonds. The Bertz CT molecular complexity index is 1210. The first-order valence-electron chi connectivity index (χ1n) is 12.8.